The van der Waals surface area contributed by atoms with Crippen LogP contribution in [0.3, 0.4) is 0 Å². The molecule has 2 aliphatic rings. The first kappa shape index (κ1) is 44.0. The lowest BCUT2D eigenvalue weighted by atomic mass is 9.97. The molecule has 2 amide bonds. The number of hydrogen-bond acceptors (Lipinski definition) is 10. The molecule has 2 saturated heterocycles. The third kappa shape index (κ3) is 8.67. The summed E-state index contributed by atoms with van der Waals surface area (Å²) in [5.74, 6) is -2.12. The fraction of sp³-hybridized carbons (Fsp3) is 0.360. The smallest absolute Gasteiger partial charge is 0.267 e. The number of aromatic hydroxyl groups is 2. The fourth-order valence-electron chi connectivity index (χ4n) is 8.95. The Morgan fingerprint density at radius 1 is 0.594 bits per heavy atom. The molecule has 64 heavy (non-hydrogen) atoms. The van der Waals surface area contributed by atoms with Crippen molar-refractivity contribution in [3.8, 4) is 22.6 Å². The third-order valence-electron chi connectivity index (χ3n) is 12.3. The molecule has 4 N–H and O–H groups in total. The van der Waals surface area contributed by atoms with Crippen LogP contribution in [0.4, 0.5) is 22.7 Å². The lowest BCUT2D eigenvalue weighted by molar-refractivity contribution is 0.101. The number of anilines is 4. The topological polar surface area (TPSA) is 156 Å². The number of carbonyl (C=O) groups is 2. The molecule has 0 saturated carbocycles. The standard InChI is InChI=1S/C50H58N8O6/c1-31(2)29-57-40-13-8-7-10-37(40)45(59)42(49(57)63)48(62)52-39-12-9-11-36(44(39)56-26-22-54(6)23-27-56)33-14-19-41-38(28-33)46(60)43(50(64)58(41)30-32(3)4)47(61)51-34-15-17-35(18-16-34)55-24-20-53(5)21-25-55/h7-19,28,31-32,59-60H,20-27,29-30H2,1-6H3,(H,51,61)(H,52,62). The van der Waals surface area contributed by atoms with Gasteiger partial charge in [-0.1, -0.05) is 58.0 Å². The highest BCUT2D eigenvalue weighted by Gasteiger charge is 2.28. The number of piperazine rings is 2. The number of benzene rings is 4. The number of aromatic nitrogens is 2. The molecule has 334 valence electrons. The quantitative estimate of drug-likeness (QED) is 0.110. The van der Waals surface area contributed by atoms with Gasteiger partial charge >= 0.3 is 0 Å². The van der Waals surface area contributed by atoms with Crippen LogP contribution in [0.1, 0.15) is 48.4 Å². The van der Waals surface area contributed by atoms with E-state index in [0.29, 0.717) is 70.6 Å². The summed E-state index contributed by atoms with van der Waals surface area (Å²) >= 11 is 0. The Hall–Kier alpha value is -6.64. The van der Waals surface area contributed by atoms with Gasteiger partial charge in [0.05, 0.1) is 22.4 Å². The van der Waals surface area contributed by atoms with Crippen molar-refractivity contribution in [2.75, 3.05) is 86.9 Å². The minimum absolute atomic E-state index is 0.0452. The first-order chi connectivity index (χ1) is 30.7. The molecule has 4 heterocycles. The molecule has 6 aromatic rings. The van der Waals surface area contributed by atoms with Crippen molar-refractivity contribution in [2.24, 2.45) is 11.8 Å². The molecule has 14 nitrogen and oxygen atoms in total. The molecule has 0 aliphatic carbocycles. The van der Waals surface area contributed by atoms with E-state index in [4.69, 9.17) is 0 Å². The normalized spacial score (nSPS) is 15.1. The van der Waals surface area contributed by atoms with Gasteiger partial charge in [0.2, 0.25) is 0 Å². The average Bonchev–Trinajstić information content (AvgIpc) is 3.27. The van der Waals surface area contributed by atoms with Crippen molar-refractivity contribution in [1.82, 2.24) is 18.9 Å². The predicted octanol–water partition coefficient (Wildman–Crippen LogP) is 6.71. The number of likely N-dealkylation sites (N-methyl/N-ethyl adjacent to an activating group) is 2. The average molecular weight is 867 g/mol. The van der Waals surface area contributed by atoms with Gasteiger partial charge in [0.1, 0.15) is 22.6 Å². The van der Waals surface area contributed by atoms with Gasteiger partial charge in [0.25, 0.3) is 22.9 Å². The molecule has 0 unspecified atom stereocenters. The van der Waals surface area contributed by atoms with Gasteiger partial charge in [0, 0.05) is 93.2 Å². The fourth-order valence-corrected chi connectivity index (χ4v) is 8.95. The number of hydrogen-bond donors (Lipinski definition) is 4. The van der Waals surface area contributed by atoms with Crippen LogP contribution in [0.5, 0.6) is 11.5 Å². The van der Waals surface area contributed by atoms with E-state index in [0.717, 1.165) is 50.5 Å². The molecular weight excluding hydrogens is 809 g/mol. The van der Waals surface area contributed by atoms with Gasteiger partial charge in [-0.3, -0.25) is 19.2 Å². The third-order valence-corrected chi connectivity index (χ3v) is 12.3. The van der Waals surface area contributed by atoms with Crippen molar-refractivity contribution < 1.29 is 19.8 Å². The van der Waals surface area contributed by atoms with Crippen LogP contribution in [0, 0.1) is 11.8 Å². The molecular formula is C50H58N8O6. The minimum atomic E-state index is -0.739. The highest BCUT2D eigenvalue weighted by molar-refractivity contribution is 6.12. The first-order valence-electron chi connectivity index (χ1n) is 22.2. The van der Waals surface area contributed by atoms with Crippen LogP contribution in [-0.4, -0.2) is 107 Å². The highest BCUT2D eigenvalue weighted by Crippen LogP contribution is 2.41. The summed E-state index contributed by atoms with van der Waals surface area (Å²) in [7, 11) is 4.16. The molecule has 8 rings (SSSR count). The number of carbonyl (C=O) groups excluding carboxylic acids is 2. The maximum Gasteiger partial charge on any atom is 0.267 e. The van der Waals surface area contributed by atoms with E-state index in [1.165, 1.54) is 0 Å². The molecule has 0 spiro atoms. The molecule has 2 fully saturated rings. The van der Waals surface area contributed by atoms with Crippen LogP contribution < -0.4 is 31.6 Å². The second kappa shape index (κ2) is 18.2. The Morgan fingerprint density at radius 3 is 1.72 bits per heavy atom. The van der Waals surface area contributed by atoms with E-state index in [1.807, 2.05) is 64.1 Å². The first-order valence-corrected chi connectivity index (χ1v) is 22.2. The van der Waals surface area contributed by atoms with Crippen LogP contribution in [0.2, 0.25) is 0 Å². The molecule has 14 heteroatoms. The van der Waals surface area contributed by atoms with Crippen molar-refractivity contribution in [1.29, 1.82) is 0 Å². The number of nitrogens with one attached hydrogen (secondary N) is 2. The van der Waals surface area contributed by atoms with Gasteiger partial charge in [-0.2, -0.15) is 0 Å². The van der Waals surface area contributed by atoms with Crippen molar-refractivity contribution >= 4 is 56.4 Å². The maximum absolute atomic E-state index is 14.4. The van der Waals surface area contributed by atoms with Gasteiger partial charge in [-0.05, 0) is 86.1 Å². The zero-order valence-electron chi connectivity index (χ0n) is 37.5. The number of rotatable bonds is 11. The second-order valence-electron chi connectivity index (χ2n) is 18.1. The van der Waals surface area contributed by atoms with Gasteiger partial charge in [-0.25, -0.2) is 0 Å². The lowest BCUT2D eigenvalue weighted by Gasteiger charge is -2.36. The predicted molar refractivity (Wildman–Crippen MR) is 257 cm³/mol. The Morgan fingerprint density at radius 2 is 1.12 bits per heavy atom. The zero-order valence-corrected chi connectivity index (χ0v) is 37.5. The summed E-state index contributed by atoms with van der Waals surface area (Å²) in [6.07, 6.45) is 0. The van der Waals surface area contributed by atoms with E-state index < -0.39 is 28.7 Å². The van der Waals surface area contributed by atoms with Crippen LogP contribution in [0.25, 0.3) is 32.9 Å². The number of nitrogens with zero attached hydrogens (tertiary/aromatic N) is 6. The number of pyridine rings is 2. The van der Waals surface area contributed by atoms with Gasteiger partial charge < -0.3 is 49.6 Å². The van der Waals surface area contributed by atoms with Crippen molar-refractivity contribution in [3.63, 3.8) is 0 Å². The number of para-hydroxylation sites is 2. The zero-order chi connectivity index (χ0) is 45.4. The van der Waals surface area contributed by atoms with Crippen LogP contribution in [0.15, 0.2) is 94.5 Å². The minimum Gasteiger partial charge on any atom is -0.506 e. The van der Waals surface area contributed by atoms with Crippen LogP contribution in [-0.2, 0) is 13.1 Å². The summed E-state index contributed by atoms with van der Waals surface area (Å²) in [6.45, 7) is 15.1. The molecule has 2 aliphatic heterocycles. The molecule has 0 atom stereocenters. The maximum atomic E-state index is 14.4. The van der Waals surface area contributed by atoms with Crippen molar-refractivity contribution in [3.05, 3.63) is 117 Å². The summed E-state index contributed by atoms with van der Waals surface area (Å²) in [6, 6.07) is 25.5. The number of fused-ring (bicyclic) bond motifs is 2. The van der Waals surface area contributed by atoms with Crippen molar-refractivity contribution in [2.45, 2.75) is 40.8 Å². The van der Waals surface area contributed by atoms with Gasteiger partial charge in [0.15, 0.2) is 0 Å². The van der Waals surface area contributed by atoms with E-state index in [2.05, 4.69) is 44.3 Å². The summed E-state index contributed by atoms with van der Waals surface area (Å²) in [4.78, 5) is 65.7. The summed E-state index contributed by atoms with van der Waals surface area (Å²) in [5.41, 5.74) is 3.20. The Labute approximate surface area is 372 Å². The second-order valence-corrected chi connectivity index (χ2v) is 18.1. The van der Waals surface area contributed by atoms with E-state index >= 15 is 0 Å². The number of amides is 2. The lowest BCUT2D eigenvalue weighted by Crippen LogP contribution is -2.45. The molecule has 2 aromatic heterocycles. The Balaban J connectivity index is 1.20. The molecule has 4 aromatic carbocycles. The highest BCUT2D eigenvalue weighted by atomic mass is 16.3. The molecule has 0 radical (unpaired) electrons. The van der Waals surface area contributed by atoms with E-state index in [9.17, 15) is 29.4 Å². The SMILES string of the molecule is CC(C)Cn1c(=O)c(C(=O)Nc2ccc(N3CCN(C)CC3)cc2)c(O)c2cc(-c3cccc(NC(=O)c4c(O)c5ccccc5n(CC(C)C)c4=O)c3N3CCN(C)CC3)ccc21. The monoisotopic (exact) mass is 866 g/mol. The Kier molecular flexibility index (Phi) is 12.5. The summed E-state index contributed by atoms with van der Waals surface area (Å²) in [5, 5.41) is 30.1. The van der Waals surface area contributed by atoms with Crippen LogP contribution >= 0.6 is 0 Å². The van der Waals surface area contributed by atoms with E-state index in [-0.39, 0.29) is 28.7 Å². The Bertz CT molecular complexity index is 2850. The van der Waals surface area contributed by atoms with Gasteiger partial charge in [-0.15, -0.1) is 0 Å². The van der Waals surface area contributed by atoms with E-state index in [1.54, 1.807) is 57.7 Å². The largest absolute Gasteiger partial charge is 0.506 e. The molecule has 0 bridgehead atoms. The summed E-state index contributed by atoms with van der Waals surface area (Å²) < 4.78 is 3.10.